The van der Waals surface area contributed by atoms with Crippen LogP contribution in [0.1, 0.15) is 6.92 Å². The molecule has 140 valence electrons. The third kappa shape index (κ3) is 3.62. The molecule has 1 aliphatic heterocycles. The van der Waals surface area contributed by atoms with Crippen LogP contribution in [0.4, 0.5) is 29.3 Å². The lowest BCUT2D eigenvalue weighted by Gasteiger charge is -2.19. The number of hydrogen-bond acceptors (Lipinski definition) is 3. The van der Waals surface area contributed by atoms with Crippen LogP contribution in [0, 0.1) is 17.5 Å². The Labute approximate surface area is 152 Å². The van der Waals surface area contributed by atoms with E-state index in [-0.39, 0.29) is 5.69 Å². The van der Waals surface area contributed by atoms with Gasteiger partial charge >= 0.3 is 6.03 Å². The van der Waals surface area contributed by atoms with Crippen molar-refractivity contribution in [1.29, 1.82) is 0 Å². The van der Waals surface area contributed by atoms with Crippen LogP contribution in [0.5, 0.6) is 0 Å². The first-order chi connectivity index (χ1) is 12.8. The molecule has 0 aromatic heterocycles. The molecule has 4 amide bonds. The van der Waals surface area contributed by atoms with Gasteiger partial charge < -0.3 is 5.32 Å². The van der Waals surface area contributed by atoms with Crippen LogP contribution >= 0.6 is 0 Å². The lowest BCUT2D eigenvalue weighted by Crippen LogP contribution is -2.39. The first-order valence-corrected chi connectivity index (χ1v) is 7.93. The summed E-state index contributed by atoms with van der Waals surface area (Å²) in [6, 6.07) is 6.17. The van der Waals surface area contributed by atoms with E-state index in [9.17, 15) is 27.6 Å². The summed E-state index contributed by atoms with van der Waals surface area (Å²) in [6.07, 6.45) is 0. The lowest BCUT2D eigenvalue weighted by molar-refractivity contribution is -0.130. The second-order valence-corrected chi connectivity index (χ2v) is 5.91. The second kappa shape index (κ2) is 7.10. The van der Waals surface area contributed by atoms with Crippen LogP contribution in [-0.4, -0.2) is 35.3 Å². The summed E-state index contributed by atoms with van der Waals surface area (Å²) in [7, 11) is 0. The van der Waals surface area contributed by atoms with Gasteiger partial charge in [-0.25, -0.2) is 18.0 Å². The highest BCUT2D eigenvalue weighted by Crippen LogP contribution is 2.26. The van der Waals surface area contributed by atoms with Gasteiger partial charge in [-0.05, 0) is 43.3 Å². The van der Waals surface area contributed by atoms with Crippen LogP contribution < -0.4 is 10.2 Å². The average molecular weight is 377 g/mol. The summed E-state index contributed by atoms with van der Waals surface area (Å²) in [5.41, 5.74) is 0.298. The van der Waals surface area contributed by atoms with Crippen molar-refractivity contribution in [3.63, 3.8) is 0 Å². The summed E-state index contributed by atoms with van der Waals surface area (Å²) < 4.78 is 39.2. The van der Waals surface area contributed by atoms with Crippen LogP contribution in [0.2, 0.25) is 0 Å². The molecule has 1 saturated heterocycles. The quantitative estimate of drug-likeness (QED) is 0.833. The zero-order valence-electron chi connectivity index (χ0n) is 14.1. The van der Waals surface area contributed by atoms with Gasteiger partial charge in [-0.15, -0.1) is 0 Å². The van der Waals surface area contributed by atoms with Gasteiger partial charge in [0.1, 0.15) is 18.4 Å². The molecule has 0 saturated carbocycles. The standard InChI is InChI=1S/C18H14F3N3O3/c1-10-17(26)23(18(27)24(10)13-5-2-11(19)3-6-13)9-16(25)22-12-4-7-14(20)15(21)8-12/h2-8,10H,9H2,1H3,(H,22,25)/t10-/m0/s1. The van der Waals surface area contributed by atoms with Crippen molar-refractivity contribution in [2.24, 2.45) is 0 Å². The van der Waals surface area contributed by atoms with Crippen molar-refractivity contribution in [1.82, 2.24) is 4.90 Å². The minimum atomic E-state index is -1.14. The number of carbonyl (C=O) groups excluding carboxylic acids is 3. The van der Waals surface area contributed by atoms with Gasteiger partial charge in [0.05, 0.1) is 0 Å². The Morgan fingerprint density at radius 1 is 1.04 bits per heavy atom. The third-order valence-corrected chi connectivity index (χ3v) is 4.06. The molecule has 0 unspecified atom stereocenters. The number of amides is 4. The van der Waals surface area contributed by atoms with E-state index in [4.69, 9.17) is 0 Å². The molecule has 1 atom stereocenters. The van der Waals surface area contributed by atoms with E-state index in [1.807, 2.05) is 0 Å². The van der Waals surface area contributed by atoms with E-state index in [1.165, 1.54) is 19.1 Å². The van der Waals surface area contributed by atoms with Crippen molar-refractivity contribution < 1.29 is 27.6 Å². The summed E-state index contributed by atoms with van der Waals surface area (Å²) in [5, 5.41) is 2.30. The molecule has 6 nitrogen and oxygen atoms in total. The van der Waals surface area contributed by atoms with Gasteiger partial charge in [0, 0.05) is 17.4 Å². The minimum Gasteiger partial charge on any atom is -0.324 e. The molecule has 1 aliphatic rings. The number of benzene rings is 2. The molecule has 1 fully saturated rings. The van der Waals surface area contributed by atoms with Crippen molar-refractivity contribution >= 4 is 29.2 Å². The Hall–Kier alpha value is -3.36. The van der Waals surface area contributed by atoms with Crippen LogP contribution in [0.15, 0.2) is 42.5 Å². The Morgan fingerprint density at radius 2 is 1.70 bits per heavy atom. The molecule has 0 spiro atoms. The summed E-state index contributed by atoms with van der Waals surface area (Å²) in [5.74, 6) is -4.06. The number of imide groups is 1. The maximum absolute atomic E-state index is 13.2. The van der Waals surface area contributed by atoms with Gasteiger partial charge in [0.2, 0.25) is 5.91 Å². The summed E-state index contributed by atoms with van der Waals surface area (Å²) in [4.78, 5) is 38.9. The number of halogens is 3. The summed E-state index contributed by atoms with van der Waals surface area (Å²) in [6.45, 7) is 0.884. The molecule has 9 heteroatoms. The van der Waals surface area contributed by atoms with Gasteiger partial charge in [0.25, 0.3) is 5.91 Å². The van der Waals surface area contributed by atoms with E-state index in [2.05, 4.69) is 5.32 Å². The zero-order valence-corrected chi connectivity index (χ0v) is 14.1. The van der Waals surface area contributed by atoms with E-state index in [0.717, 1.165) is 40.1 Å². The highest BCUT2D eigenvalue weighted by atomic mass is 19.2. The number of carbonyl (C=O) groups is 3. The van der Waals surface area contributed by atoms with Crippen molar-refractivity contribution in [3.8, 4) is 0 Å². The largest absolute Gasteiger partial charge is 0.332 e. The predicted octanol–water partition coefficient (Wildman–Crippen LogP) is 2.90. The fourth-order valence-corrected chi connectivity index (χ4v) is 2.73. The molecule has 27 heavy (non-hydrogen) atoms. The first kappa shape index (κ1) is 18.4. The molecular weight excluding hydrogens is 363 g/mol. The van der Waals surface area contributed by atoms with Crippen molar-refractivity contribution in [3.05, 3.63) is 59.9 Å². The molecule has 0 aliphatic carbocycles. The van der Waals surface area contributed by atoms with E-state index < -0.39 is 47.9 Å². The van der Waals surface area contributed by atoms with Gasteiger partial charge in [-0.2, -0.15) is 0 Å². The van der Waals surface area contributed by atoms with E-state index in [1.54, 1.807) is 0 Å². The van der Waals surface area contributed by atoms with Gasteiger partial charge in [-0.1, -0.05) is 0 Å². The molecule has 3 rings (SSSR count). The van der Waals surface area contributed by atoms with Crippen LogP contribution in [0.3, 0.4) is 0 Å². The number of nitrogens with zero attached hydrogens (tertiary/aromatic N) is 2. The zero-order chi connectivity index (χ0) is 19.7. The monoisotopic (exact) mass is 377 g/mol. The highest BCUT2D eigenvalue weighted by Gasteiger charge is 2.44. The van der Waals surface area contributed by atoms with Crippen molar-refractivity contribution in [2.75, 3.05) is 16.8 Å². The number of nitrogens with one attached hydrogen (secondary N) is 1. The maximum atomic E-state index is 13.2. The molecule has 2 aromatic rings. The Kier molecular flexibility index (Phi) is 4.85. The first-order valence-electron chi connectivity index (χ1n) is 7.93. The minimum absolute atomic E-state index is 0.0126. The maximum Gasteiger partial charge on any atom is 0.332 e. The Balaban J connectivity index is 1.73. The van der Waals surface area contributed by atoms with Gasteiger partial charge in [0.15, 0.2) is 11.6 Å². The average Bonchev–Trinajstić information content (AvgIpc) is 2.83. The van der Waals surface area contributed by atoms with Crippen LogP contribution in [0.25, 0.3) is 0 Å². The molecule has 1 N–H and O–H groups in total. The van der Waals surface area contributed by atoms with Gasteiger partial charge in [-0.3, -0.25) is 19.4 Å². The van der Waals surface area contributed by atoms with Crippen LogP contribution in [-0.2, 0) is 9.59 Å². The molecule has 0 bridgehead atoms. The number of rotatable bonds is 4. The topological polar surface area (TPSA) is 69.7 Å². The number of urea groups is 1. The predicted molar refractivity (Wildman–Crippen MR) is 90.4 cm³/mol. The fourth-order valence-electron chi connectivity index (χ4n) is 2.73. The lowest BCUT2D eigenvalue weighted by atomic mass is 10.2. The summed E-state index contributed by atoms with van der Waals surface area (Å²) >= 11 is 0. The highest BCUT2D eigenvalue weighted by molar-refractivity contribution is 6.16. The van der Waals surface area contributed by atoms with Crippen molar-refractivity contribution in [2.45, 2.75) is 13.0 Å². The van der Waals surface area contributed by atoms with E-state index >= 15 is 0 Å². The van der Waals surface area contributed by atoms with E-state index in [0.29, 0.717) is 5.69 Å². The SMILES string of the molecule is C[C@H]1C(=O)N(CC(=O)Nc2ccc(F)c(F)c2)C(=O)N1c1ccc(F)cc1. The smallest absolute Gasteiger partial charge is 0.324 e. The molecular formula is C18H14F3N3O3. The molecule has 2 aromatic carbocycles. The normalized spacial score (nSPS) is 16.8. The number of hydrogen-bond donors (Lipinski definition) is 1. The Morgan fingerprint density at radius 3 is 2.33 bits per heavy atom. The second-order valence-electron chi connectivity index (χ2n) is 5.91. The third-order valence-electron chi connectivity index (χ3n) is 4.06. The molecule has 1 heterocycles. The fraction of sp³-hybridized carbons (Fsp3) is 0.167. The number of anilines is 2. The Bertz CT molecular complexity index is 918. The molecule has 0 radical (unpaired) electrons.